The second-order valence-corrected chi connectivity index (χ2v) is 1.86. The number of benzene rings is 1. The number of hydrogen-bond donors (Lipinski definition) is 0. The van der Waals surface area contributed by atoms with E-state index in [1.54, 1.807) is 0 Å². The highest BCUT2D eigenvalue weighted by Gasteiger charge is 1.90. The van der Waals surface area contributed by atoms with E-state index in [4.69, 9.17) is 4.74 Å². The van der Waals surface area contributed by atoms with Crippen molar-refractivity contribution in [2.45, 2.75) is 13.8 Å². The number of hydrogen-bond acceptors (Lipinski definition) is 2. The van der Waals surface area contributed by atoms with Crippen LogP contribution >= 0.6 is 12.2 Å². The van der Waals surface area contributed by atoms with Gasteiger partial charge in [-0.3, -0.25) is 0 Å². The largest absolute Gasteiger partial charge is 0.454 e. The van der Waals surface area contributed by atoms with Crippen molar-refractivity contribution in [2.24, 2.45) is 0 Å². The highest BCUT2D eigenvalue weighted by molar-refractivity contribution is 7.78. The summed E-state index contributed by atoms with van der Waals surface area (Å²) in [6, 6.07) is 5.65. The molecule has 0 atom stereocenters. The van der Waals surface area contributed by atoms with Gasteiger partial charge in [0.1, 0.15) is 11.6 Å². The minimum absolute atomic E-state index is 0.281. The molecule has 0 heterocycles. The summed E-state index contributed by atoms with van der Waals surface area (Å²) in [4.78, 5) is 0. The Morgan fingerprint density at radius 2 is 1.75 bits per heavy atom. The molecular formula is C9H11FOS. The molecule has 0 bridgehead atoms. The van der Waals surface area contributed by atoms with Gasteiger partial charge in [0.05, 0.1) is 0 Å². The summed E-state index contributed by atoms with van der Waals surface area (Å²) < 4.78 is 17.0. The van der Waals surface area contributed by atoms with Gasteiger partial charge in [-0.1, -0.05) is 13.8 Å². The highest BCUT2D eigenvalue weighted by Crippen LogP contribution is 2.09. The van der Waals surface area contributed by atoms with Crippen molar-refractivity contribution >= 4 is 17.8 Å². The molecule has 3 heteroatoms. The Labute approximate surface area is 77.2 Å². The van der Waals surface area contributed by atoms with Gasteiger partial charge < -0.3 is 4.74 Å². The van der Waals surface area contributed by atoms with Crippen LogP contribution < -0.4 is 4.74 Å². The molecule has 12 heavy (non-hydrogen) atoms. The van der Waals surface area contributed by atoms with E-state index >= 15 is 0 Å². The first kappa shape index (κ1) is 11.0. The van der Waals surface area contributed by atoms with Gasteiger partial charge in [-0.25, -0.2) is 4.39 Å². The summed E-state index contributed by atoms with van der Waals surface area (Å²) in [5, 5.41) is 0. The summed E-state index contributed by atoms with van der Waals surface area (Å²) in [5.41, 5.74) is 1.13. The van der Waals surface area contributed by atoms with E-state index in [1.807, 2.05) is 13.8 Å². The zero-order valence-corrected chi connectivity index (χ0v) is 7.90. The van der Waals surface area contributed by atoms with Crippen LogP contribution in [0.4, 0.5) is 4.39 Å². The molecule has 0 radical (unpaired) electrons. The van der Waals surface area contributed by atoms with E-state index < -0.39 is 0 Å². The van der Waals surface area contributed by atoms with Crippen LogP contribution in [0, 0.1) is 5.82 Å². The molecule has 0 fully saturated rings. The summed E-state index contributed by atoms with van der Waals surface area (Å²) in [5.74, 6) is 0.271. The number of ether oxygens (including phenoxy) is 1. The fraction of sp³-hybridized carbons (Fsp3) is 0.222. The lowest BCUT2D eigenvalue weighted by molar-refractivity contribution is 0.577. The van der Waals surface area contributed by atoms with Crippen molar-refractivity contribution in [3.8, 4) is 5.75 Å². The van der Waals surface area contributed by atoms with E-state index in [0.717, 1.165) is 5.55 Å². The first-order valence-electron chi connectivity index (χ1n) is 3.69. The van der Waals surface area contributed by atoms with Gasteiger partial charge in [0.2, 0.25) is 0 Å². The van der Waals surface area contributed by atoms with Crippen LogP contribution in [0.3, 0.4) is 0 Å². The summed E-state index contributed by atoms with van der Waals surface area (Å²) >= 11 is 4.43. The van der Waals surface area contributed by atoms with Crippen molar-refractivity contribution in [2.75, 3.05) is 0 Å². The number of thiocarbonyl (C=S) groups is 1. The molecule has 1 nitrogen and oxygen atoms in total. The third-order valence-electron chi connectivity index (χ3n) is 0.998. The van der Waals surface area contributed by atoms with E-state index in [1.165, 1.54) is 24.3 Å². The van der Waals surface area contributed by atoms with E-state index in [-0.39, 0.29) is 5.82 Å². The molecule has 1 aromatic carbocycles. The number of rotatable bonds is 2. The quantitative estimate of drug-likeness (QED) is 0.656. The van der Waals surface area contributed by atoms with Crippen LogP contribution in [-0.2, 0) is 0 Å². The van der Waals surface area contributed by atoms with Gasteiger partial charge in [-0.05, 0) is 36.5 Å². The minimum Gasteiger partial charge on any atom is -0.454 e. The van der Waals surface area contributed by atoms with Crippen LogP contribution in [0.15, 0.2) is 24.3 Å². The van der Waals surface area contributed by atoms with Gasteiger partial charge in [0.15, 0.2) is 5.55 Å². The average molecular weight is 186 g/mol. The van der Waals surface area contributed by atoms with Crippen LogP contribution in [0.1, 0.15) is 13.8 Å². The summed E-state index contributed by atoms with van der Waals surface area (Å²) in [6.45, 7) is 4.00. The first-order chi connectivity index (χ1) is 5.83. The van der Waals surface area contributed by atoms with Gasteiger partial charge >= 0.3 is 0 Å². The number of halogens is 1. The maximum absolute atomic E-state index is 12.2. The van der Waals surface area contributed by atoms with E-state index in [0.29, 0.717) is 5.75 Å². The van der Waals surface area contributed by atoms with Gasteiger partial charge in [0.25, 0.3) is 0 Å². The second kappa shape index (κ2) is 6.73. The summed E-state index contributed by atoms with van der Waals surface area (Å²) in [7, 11) is 0. The zero-order valence-electron chi connectivity index (χ0n) is 7.08. The molecule has 0 aromatic heterocycles. The SMILES string of the molecule is CC.Fc1ccc(OC=S)cc1. The Bertz CT molecular complexity index is 220. The maximum atomic E-state index is 12.2. The minimum atomic E-state index is -0.281. The molecule has 0 unspecified atom stereocenters. The first-order valence-corrected chi connectivity index (χ1v) is 4.16. The molecule has 0 saturated heterocycles. The molecule has 0 aliphatic heterocycles. The third-order valence-corrected chi connectivity index (χ3v) is 1.09. The molecule has 0 spiro atoms. The fourth-order valence-electron chi connectivity index (χ4n) is 0.569. The lowest BCUT2D eigenvalue weighted by Crippen LogP contribution is -1.85. The van der Waals surface area contributed by atoms with Crippen molar-refractivity contribution in [3.63, 3.8) is 0 Å². The Hall–Kier alpha value is -0.960. The Kier molecular flexibility index (Phi) is 6.19. The van der Waals surface area contributed by atoms with Crippen molar-refractivity contribution in [3.05, 3.63) is 30.1 Å². The molecule has 1 aromatic rings. The van der Waals surface area contributed by atoms with Crippen molar-refractivity contribution in [1.29, 1.82) is 0 Å². The molecule has 0 aliphatic rings. The van der Waals surface area contributed by atoms with Gasteiger partial charge in [0, 0.05) is 0 Å². The van der Waals surface area contributed by atoms with Crippen molar-refractivity contribution < 1.29 is 9.13 Å². The molecule has 0 saturated carbocycles. The van der Waals surface area contributed by atoms with Gasteiger partial charge in [-0.15, -0.1) is 0 Å². The highest BCUT2D eigenvalue weighted by atomic mass is 32.1. The summed E-state index contributed by atoms with van der Waals surface area (Å²) in [6.07, 6.45) is 0. The van der Waals surface area contributed by atoms with Crippen LogP contribution in [0.2, 0.25) is 0 Å². The average Bonchev–Trinajstić information content (AvgIpc) is 2.13. The van der Waals surface area contributed by atoms with Crippen LogP contribution in [0.5, 0.6) is 5.75 Å². The van der Waals surface area contributed by atoms with Gasteiger partial charge in [-0.2, -0.15) is 0 Å². The Balaban J connectivity index is 0.000000561. The normalized spacial score (nSPS) is 7.92. The standard InChI is InChI=1S/C7H5FOS.C2H6/c8-6-1-3-7(4-2-6)9-5-10;1-2/h1-5H;1-2H3. The molecule has 1 rings (SSSR count). The smallest absolute Gasteiger partial charge is 0.154 e. The fourth-order valence-corrected chi connectivity index (χ4v) is 0.680. The lowest BCUT2D eigenvalue weighted by atomic mass is 10.3. The monoisotopic (exact) mass is 186 g/mol. The second-order valence-electron chi connectivity index (χ2n) is 1.67. The molecule has 66 valence electrons. The van der Waals surface area contributed by atoms with Crippen LogP contribution in [-0.4, -0.2) is 5.55 Å². The van der Waals surface area contributed by atoms with Crippen LogP contribution in [0.25, 0.3) is 0 Å². The molecule has 0 N–H and O–H groups in total. The Morgan fingerprint density at radius 1 is 1.25 bits per heavy atom. The maximum Gasteiger partial charge on any atom is 0.154 e. The molecular weight excluding hydrogens is 175 g/mol. The van der Waals surface area contributed by atoms with E-state index in [9.17, 15) is 4.39 Å². The Morgan fingerprint density at radius 3 is 2.17 bits per heavy atom. The molecule has 0 amide bonds. The van der Waals surface area contributed by atoms with E-state index in [2.05, 4.69) is 12.2 Å². The molecule has 0 aliphatic carbocycles. The predicted molar refractivity (Wildman–Crippen MR) is 52.0 cm³/mol. The predicted octanol–water partition coefficient (Wildman–Crippen LogP) is 3.19. The lowest BCUT2D eigenvalue weighted by Gasteiger charge is -1.95. The zero-order chi connectivity index (χ0) is 9.40. The third kappa shape index (κ3) is 4.03. The van der Waals surface area contributed by atoms with Crippen molar-refractivity contribution in [1.82, 2.24) is 0 Å². The topological polar surface area (TPSA) is 9.23 Å².